The van der Waals surface area contributed by atoms with Crippen LogP contribution in [0.5, 0.6) is 5.75 Å². The molecule has 1 heterocycles. The molecule has 0 saturated carbocycles. The molecule has 0 radical (unpaired) electrons. The normalized spacial score (nSPS) is 11.0. The SMILES string of the molecule is COc1ccccc1NS(=O)(=O)c1cccc(NC(=O)c2cnn(C)c2)c1. The number of carbonyl (C=O) groups is 1. The number of anilines is 2. The van der Waals surface area contributed by atoms with Gasteiger partial charge in [0.2, 0.25) is 0 Å². The van der Waals surface area contributed by atoms with Crippen molar-refractivity contribution in [1.29, 1.82) is 0 Å². The predicted octanol–water partition coefficient (Wildman–Crippen LogP) is 2.48. The Balaban J connectivity index is 1.82. The Kier molecular flexibility index (Phi) is 5.13. The molecule has 1 amide bonds. The molecule has 3 rings (SSSR count). The van der Waals surface area contributed by atoms with Gasteiger partial charge in [-0.15, -0.1) is 0 Å². The highest BCUT2D eigenvalue weighted by Crippen LogP contribution is 2.26. The van der Waals surface area contributed by atoms with Crippen LogP contribution in [0, 0.1) is 0 Å². The molecule has 0 aliphatic carbocycles. The van der Waals surface area contributed by atoms with E-state index in [-0.39, 0.29) is 10.8 Å². The zero-order valence-corrected chi connectivity index (χ0v) is 15.5. The second kappa shape index (κ2) is 7.50. The molecule has 2 aromatic carbocycles. The molecule has 0 aliphatic heterocycles. The summed E-state index contributed by atoms with van der Waals surface area (Å²) in [6, 6.07) is 12.7. The highest BCUT2D eigenvalue weighted by molar-refractivity contribution is 7.92. The number of benzene rings is 2. The van der Waals surface area contributed by atoms with Crippen molar-refractivity contribution in [3.8, 4) is 5.75 Å². The fourth-order valence-corrected chi connectivity index (χ4v) is 3.53. The molecule has 0 unspecified atom stereocenters. The summed E-state index contributed by atoms with van der Waals surface area (Å²) in [7, 11) is -0.701. The molecule has 8 nitrogen and oxygen atoms in total. The minimum absolute atomic E-state index is 0.0115. The van der Waals surface area contributed by atoms with Crippen molar-refractivity contribution in [1.82, 2.24) is 9.78 Å². The first-order valence-corrected chi connectivity index (χ1v) is 9.43. The summed E-state index contributed by atoms with van der Waals surface area (Å²) in [5.41, 5.74) is 1.05. The van der Waals surface area contributed by atoms with Crippen LogP contribution in [0.3, 0.4) is 0 Å². The molecule has 3 aromatic rings. The van der Waals surface area contributed by atoms with E-state index in [9.17, 15) is 13.2 Å². The monoisotopic (exact) mass is 386 g/mol. The number of nitrogens with zero attached hydrogens (tertiary/aromatic N) is 2. The lowest BCUT2D eigenvalue weighted by atomic mass is 10.3. The summed E-state index contributed by atoms with van der Waals surface area (Å²) in [4.78, 5) is 12.2. The third-order valence-electron chi connectivity index (χ3n) is 3.72. The molecule has 2 N–H and O–H groups in total. The Morgan fingerprint density at radius 2 is 1.93 bits per heavy atom. The third-order valence-corrected chi connectivity index (χ3v) is 5.08. The van der Waals surface area contributed by atoms with Crippen molar-refractivity contribution < 1.29 is 17.9 Å². The maximum atomic E-state index is 12.7. The van der Waals surface area contributed by atoms with Gasteiger partial charge in [0.1, 0.15) is 5.75 Å². The lowest BCUT2D eigenvalue weighted by Gasteiger charge is -2.12. The minimum Gasteiger partial charge on any atom is -0.495 e. The van der Waals surface area contributed by atoms with Gasteiger partial charge in [0.05, 0.1) is 29.5 Å². The van der Waals surface area contributed by atoms with Crippen LogP contribution in [0.1, 0.15) is 10.4 Å². The van der Waals surface area contributed by atoms with Gasteiger partial charge in [-0.2, -0.15) is 5.10 Å². The zero-order chi connectivity index (χ0) is 19.4. The Hall–Kier alpha value is -3.33. The lowest BCUT2D eigenvalue weighted by Crippen LogP contribution is -2.15. The highest BCUT2D eigenvalue weighted by Gasteiger charge is 2.17. The number of para-hydroxylation sites is 2. The van der Waals surface area contributed by atoms with Crippen LogP contribution >= 0.6 is 0 Å². The minimum atomic E-state index is -3.86. The number of aryl methyl sites for hydroxylation is 1. The van der Waals surface area contributed by atoms with E-state index in [0.717, 1.165) is 0 Å². The first-order valence-electron chi connectivity index (χ1n) is 7.95. The molecule has 9 heteroatoms. The first kappa shape index (κ1) is 18.5. The summed E-state index contributed by atoms with van der Waals surface area (Å²) in [5.74, 6) is 0.0254. The molecule has 0 atom stereocenters. The Morgan fingerprint density at radius 3 is 2.63 bits per heavy atom. The largest absolute Gasteiger partial charge is 0.495 e. The smallest absolute Gasteiger partial charge is 0.262 e. The van der Waals surface area contributed by atoms with E-state index in [0.29, 0.717) is 22.7 Å². The summed E-state index contributed by atoms with van der Waals surface area (Å²) in [6.07, 6.45) is 3.00. The van der Waals surface area contributed by atoms with Crippen LogP contribution < -0.4 is 14.8 Å². The first-order chi connectivity index (χ1) is 12.9. The number of aromatic nitrogens is 2. The number of nitrogens with one attached hydrogen (secondary N) is 2. The number of ether oxygens (including phenoxy) is 1. The van der Waals surface area contributed by atoms with Gasteiger partial charge in [-0.25, -0.2) is 8.42 Å². The van der Waals surface area contributed by atoms with E-state index in [1.807, 2.05) is 0 Å². The van der Waals surface area contributed by atoms with Crippen molar-refractivity contribution in [2.45, 2.75) is 4.90 Å². The summed E-state index contributed by atoms with van der Waals surface area (Å²) in [6.45, 7) is 0. The second-order valence-electron chi connectivity index (χ2n) is 5.69. The molecule has 0 bridgehead atoms. The number of amides is 1. The molecule has 0 aliphatic rings. The number of hydrogen-bond donors (Lipinski definition) is 2. The molecule has 1 aromatic heterocycles. The average molecular weight is 386 g/mol. The molecule has 140 valence electrons. The van der Waals surface area contributed by atoms with Gasteiger partial charge in [0.15, 0.2) is 0 Å². The van der Waals surface area contributed by atoms with Gasteiger partial charge in [0, 0.05) is 18.9 Å². The zero-order valence-electron chi connectivity index (χ0n) is 14.7. The topological polar surface area (TPSA) is 102 Å². The third kappa shape index (κ3) is 4.26. The van der Waals surface area contributed by atoms with Gasteiger partial charge in [-0.05, 0) is 30.3 Å². The number of methoxy groups -OCH3 is 1. The van der Waals surface area contributed by atoms with Gasteiger partial charge in [-0.1, -0.05) is 18.2 Å². The summed E-state index contributed by atoms with van der Waals surface area (Å²) in [5, 5.41) is 6.60. The quantitative estimate of drug-likeness (QED) is 0.678. The maximum Gasteiger partial charge on any atom is 0.262 e. The summed E-state index contributed by atoms with van der Waals surface area (Å²) >= 11 is 0. The van der Waals surface area contributed by atoms with Crippen LogP contribution in [0.4, 0.5) is 11.4 Å². The van der Waals surface area contributed by atoms with Crippen LogP contribution in [0.2, 0.25) is 0 Å². The van der Waals surface area contributed by atoms with E-state index in [2.05, 4.69) is 15.1 Å². The van der Waals surface area contributed by atoms with Crippen molar-refractivity contribution >= 4 is 27.3 Å². The van der Waals surface area contributed by atoms with Crippen LogP contribution in [-0.4, -0.2) is 31.2 Å². The second-order valence-corrected chi connectivity index (χ2v) is 7.37. The van der Waals surface area contributed by atoms with Crippen molar-refractivity contribution in [3.63, 3.8) is 0 Å². The van der Waals surface area contributed by atoms with E-state index >= 15 is 0 Å². The van der Waals surface area contributed by atoms with Gasteiger partial charge >= 0.3 is 0 Å². The average Bonchev–Trinajstić information content (AvgIpc) is 3.09. The van der Waals surface area contributed by atoms with Crippen LogP contribution in [0.25, 0.3) is 0 Å². The number of carbonyl (C=O) groups excluding carboxylic acids is 1. The Bertz CT molecular complexity index is 1080. The lowest BCUT2D eigenvalue weighted by molar-refractivity contribution is 0.102. The van der Waals surface area contributed by atoms with Crippen molar-refractivity contribution in [2.75, 3.05) is 17.1 Å². The molecular weight excluding hydrogens is 368 g/mol. The van der Waals surface area contributed by atoms with Gasteiger partial charge in [-0.3, -0.25) is 14.2 Å². The van der Waals surface area contributed by atoms with Crippen LogP contribution in [0.15, 0.2) is 65.8 Å². The van der Waals surface area contributed by atoms with Crippen molar-refractivity contribution in [3.05, 3.63) is 66.5 Å². The predicted molar refractivity (Wildman–Crippen MR) is 101 cm³/mol. The van der Waals surface area contributed by atoms with E-state index < -0.39 is 10.0 Å². The van der Waals surface area contributed by atoms with Gasteiger partial charge < -0.3 is 10.1 Å². The van der Waals surface area contributed by atoms with Crippen LogP contribution in [-0.2, 0) is 17.1 Å². The van der Waals surface area contributed by atoms with E-state index in [1.54, 1.807) is 49.6 Å². The number of sulfonamides is 1. The fraction of sp³-hybridized carbons (Fsp3) is 0.111. The molecule has 0 saturated heterocycles. The maximum absolute atomic E-state index is 12.7. The Labute approximate surface area is 156 Å². The van der Waals surface area contributed by atoms with E-state index in [1.165, 1.54) is 30.1 Å². The van der Waals surface area contributed by atoms with Gasteiger partial charge in [0.25, 0.3) is 15.9 Å². The highest BCUT2D eigenvalue weighted by atomic mass is 32.2. The number of rotatable bonds is 6. The molecule has 0 fully saturated rings. The Morgan fingerprint density at radius 1 is 1.15 bits per heavy atom. The standard InChI is InChI=1S/C18H18N4O4S/c1-22-12-13(11-19-22)18(23)20-14-6-5-7-15(10-14)27(24,25)21-16-8-3-4-9-17(16)26-2/h3-12,21H,1-2H3,(H,20,23). The fourth-order valence-electron chi connectivity index (χ4n) is 2.42. The van der Waals surface area contributed by atoms with E-state index in [4.69, 9.17) is 4.74 Å². The summed E-state index contributed by atoms with van der Waals surface area (Å²) < 4.78 is 34.5. The molecular formula is C18H18N4O4S. The molecule has 0 spiro atoms. The number of hydrogen-bond acceptors (Lipinski definition) is 5. The molecule has 27 heavy (non-hydrogen) atoms. The van der Waals surface area contributed by atoms with Crippen molar-refractivity contribution in [2.24, 2.45) is 7.05 Å².